The first kappa shape index (κ1) is 24.5. The lowest BCUT2D eigenvalue weighted by molar-refractivity contribution is 0.0203. The zero-order valence-corrected chi connectivity index (χ0v) is 20.0. The van der Waals surface area contributed by atoms with Gasteiger partial charge < -0.3 is 20.1 Å². The second-order valence-electron chi connectivity index (χ2n) is 7.11. The van der Waals surface area contributed by atoms with E-state index in [-0.39, 0.29) is 24.0 Å². The van der Waals surface area contributed by atoms with Gasteiger partial charge in [-0.25, -0.2) is 14.7 Å². The molecule has 1 saturated heterocycles. The van der Waals surface area contributed by atoms with Crippen molar-refractivity contribution in [3.8, 4) is 5.69 Å². The lowest BCUT2D eigenvalue weighted by Crippen LogP contribution is -2.38. The van der Waals surface area contributed by atoms with Crippen LogP contribution in [0, 0.1) is 5.92 Å². The monoisotopic (exact) mass is 528 g/mol. The molecule has 166 valence electrons. The fourth-order valence-corrected chi connectivity index (χ4v) is 3.15. The van der Waals surface area contributed by atoms with Crippen molar-refractivity contribution in [2.45, 2.75) is 32.7 Å². The van der Waals surface area contributed by atoms with Crippen molar-refractivity contribution in [2.24, 2.45) is 10.9 Å². The molecule has 3 rings (SSSR count). The van der Waals surface area contributed by atoms with Gasteiger partial charge in [0.05, 0.1) is 12.2 Å². The quantitative estimate of drug-likeness (QED) is 0.214. The van der Waals surface area contributed by atoms with Gasteiger partial charge in [0.15, 0.2) is 5.96 Å². The minimum Gasteiger partial charge on any atom is -0.381 e. The zero-order chi connectivity index (χ0) is 20.2. The first-order valence-electron chi connectivity index (χ1n) is 10.5. The van der Waals surface area contributed by atoms with Gasteiger partial charge in [-0.1, -0.05) is 12.1 Å². The number of ether oxygens (including phenoxy) is 2. The summed E-state index contributed by atoms with van der Waals surface area (Å²) in [7, 11) is 0. The number of guanidine groups is 1. The Morgan fingerprint density at radius 1 is 1.23 bits per heavy atom. The number of hydrogen-bond acceptors (Lipinski definition) is 5. The summed E-state index contributed by atoms with van der Waals surface area (Å²) in [6.45, 7) is 7.73. The van der Waals surface area contributed by atoms with Gasteiger partial charge >= 0.3 is 0 Å². The van der Waals surface area contributed by atoms with Crippen LogP contribution in [-0.2, 0) is 16.0 Å². The summed E-state index contributed by atoms with van der Waals surface area (Å²) in [4.78, 5) is 8.64. The van der Waals surface area contributed by atoms with E-state index in [1.807, 2.05) is 12.1 Å². The second kappa shape index (κ2) is 14.3. The number of rotatable bonds is 10. The summed E-state index contributed by atoms with van der Waals surface area (Å²) in [6, 6.07) is 8.17. The number of nitrogens with zero attached hydrogens (tertiary/aromatic N) is 4. The Bertz CT molecular complexity index is 718. The molecule has 30 heavy (non-hydrogen) atoms. The van der Waals surface area contributed by atoms with Gasteiger partial charge in [-0.3, -0.25) is 0 Å². The second-order valence-corrected chi connectivity index (χ2v) is 7.11. The van der Waals surface area contributed by atoms with E-state index in [1.165, 1.54) is 6.33 Å². The molecule has 2 heterocycles. The van der Waals surface area contributed by atoms with Gasteiger partial charge in [0.1, 0.15) is 12.7 Å². The third kappa shape index (κ3) is 8.57. The van der Waals surface area contributed by atoms with Crippen LogP contribution in [0.4, 0.5) is 0 Å². The third-order valence-electron chi connectivity index (χ3n) is 4.84. The number of nitrogens with one attached hydrogen (secondary N) is 2. The smallest absolute Gasteiger partial charge is 0.191 e. The molecular weight excluding hydrogens is 495 g/mol. The highest BCUT2D eigenvalue weighted by Crippen LogP contribution is 2.14. The molecule has 0 bridgehead atoms. The summed E-state index contributed by atoms with van der Waals surface area (Å²) in [5.41, 5.74) is 2.13. The molecule has 8 nitrogen and oxygen atoms in total. The van der Waals surface area contributed by atoms with Crippen molar-refractivity contribution >= 4 is 29.9 Å². The minimum atomic E-state index is 0. The first-order chi connectivity index (χ1) is 14.3. The normalized spacial score (nSPS) is 14.9. The predicted molar refractivity (Wildman–Crippen MR) is 129 cm³/mol. The topological polar surface area (TPSA) is 85.6 Å². The average molecular weight is 528 g/mol. The van der Waals surface area contributed by atoms with E-state index < -0.39 is 0 Å². The fourth-order valence-electron chi connectivity index (χ4n) is 3.15. The molecule has 1 aliphatic rings. The highest BCUT2D eigenvalue weighted by Gasteiger charge is 2.13. The van der Waals surface area contributed by atoms with Crippen molar-refractivity contribution in [1.82, 2.24) is 25.4 Å². The highest BCUT2D eigenvalue weighted by molar-refractivity contribution is 14.0. The van der Waals surface area contributed by atoms with Crippen LogP contribution < -0.4 is 10.6 Å². The Hall–Kier alpha value is -1.72. The molecule has 0 saturated carbocycles. The van der Waals surface area contributed by atoms with E-state index in [0.29, 0.717) is 12.5 Å². The van der Waals surface area contributed by atoms with Crippen LogP contribution in [0.2, 0.25) is 0 Å². The number of benzene rings is 1. The third-order valence-corrected chi connectivity index (χ3v) is 4.84. The van der Waals surface area contributed by atoms with Crippen LogP contribution in [0.5, 0.6) is 0 Å². The maximum absolute atomic E-state index is 5.82. The fraction of sp³-hybridized carbons (Fsp3) is 0.571. The average Bonchev–Trinajstić information content (AvgIpc) is 3.30. The molecule has 2 aromatic rings. The van der Waals surface area contributed by atoms with Gasteiger partial charge in [-0.2, -0.15) is 5.10 Å². The molecule has 1 aromatic heterocycles. The number of aliphatic imine (C=N–C) groups is 1. The van der Waals surface area contributed by atoms with Crippen LogP contribution in [-0.4, -0.2) is 60.2 Å². The largest absolute Gasteiger partial charge is 0.381 e. The molecule has 0 unspecified atom stereocenters. The standard InChI is InChI=1S/C21H32N6O2.HI/c1-2-23-21(24-10-3-11-29-15-19-8-12-28-13-9-19)25-14-18-4-6-20(7-5-18)27-17-22-16-26-27;/h4-7,16-17,19H,2-3,8-15H2,1H3,(H2,23,24,25);1H. The zero-order valence-electron chi connectivity index (χ0n) is 17.6. The summed E-state index contributed by atoms with van der Waals surface area (Å²) >= 11 is 0. The molecule has 1 fully saturated rings. The molecule has 0 aliphatic carbocycles. The van der Waals surface area contributed by atoms with Gasteiger partial charge in [-0.05, 0) is 49.8 Å². The van der Waals surface area contributed by atoms with Crippen LogP contribution in [0.25, 0.3) is 5.69 Å². The predicted octanol–water partition coefficient (Wildman–Crippen LogP) is 2.77. The van der Waals surface area contributed by atoms with Crippen LogP contribution in [0.3, 0.4) is 0 Å². The van der Waals surface area contributed by atoms with E-state index in [1.54, 1.807) is 11.0 Å². The SMILES string of the molecule is CCNC(=NCc1ccc(-n2cncn2)cc1)NCCCOCC1CCOCC1.I. The number of aromatic nitrogens is 3. The van der Waals surface area contributed by atoms with Crippen LogP contribution in [0.15, 0.2) is 41.9 Å². The van der Waals surface area contributed by atoms with Gasteiger partial charge in [0, 0.05) is 39.5 Å². The molecule has 1 aromatic carbocycles. The van der Waals surface area contributed by atoms with Crippen molar-refractivity contribution in [3.05, 3.63) is 42.5 Å². The summed E-state index contributed by atoms with van der Waals surface area (Å²) in [6.07, 6.45) is 6.42. The van der Waals surface area contributed by atoms with Gasteiger partial charge in [0.2, 0.25) is 0 Å². The minimum absolute atomic E-state index is 0. The summed E-state index contributed by atoms with van der Waals surface area (Å²) < 4.78 is 12.9. The van der Waals surface area contributed by atoms with E-state index in [9.17, 15) is 0 Å². The van der Waals surface area contributed by atoms with Gasteiger partial charge in [-0.15, -0.1) is 24.0 Å². The number of halogens is 1. The molecule has 0 amide bonds. The van der Waals surface area contributed by atoms with Crippen molar-refractivity contribution < 1.29 is 9.47 Å². The van der Waals surface area contributed by atoms with E-state index >= 15 is 0 Å². The van der Waals surface area contributed by atoms with Gasteiger partial charge in [0.25, 0.3) is 0 Å². The lowest BCUT2D eigenvalue weighted by atomic mass is 10.0. The maximum Gasteiger partial charge on any atom is 0.191 e. The van der Waals surface area contributed by atoms with E-state index in [0.717, 1.165) is 76.0 Å². The Morgan fingerprint density at radius 2 is 2.03 bits per heavy atom. The van der Waals surface area contributed by atoms with E-state index in [4.69, 9.17) is 9.47 Å². The highest BCUT2D eigenvalue weighted by atomic mass is 127. The lowest BCUT2D eigenvalue weighted by Gasteiger charge is -2.21. The molecule has 2 N–H and O–H groups in total. The Kier molecular flexibility index (Phi) is 11.7. The number of hydrogen-bond donors (Lipinski definition) is 2. The molecule has 0 radical (unpaired) electrons. The van der Waals surface area contributed by atoms with Crippen molar-refractivity contribution in [3.63, 3.8) is 0 Å². The molecular formula is C21H33IN6O2. The Morgan fingerprint density at radius 3 is 2.73 bits per heavy atom. The maximum atomic E-state index is 5.82. The summed E-state index contributed by atoms with van der Waals surface area (Å²) in [5.74, 6) is 1.49. The molecule has 9 heteroatoms. The van der Waals surface area contributed by atoms with Crippen LogP contribution in [0.1, 0.15) is 31.7 Å². The Balaban J connectivity index is 0.00000320. The first-order valence-corrected chi connectivity index (χ1v) is 10.5. The Labute approximate surface area is 195 Å². The molecule has 0 spiro atoms. The van der Waals surface area contributed by atoms with E-state index in [2.05, 4.69) is 44.8 Å². The van der Waals surface area contributed by atoms with Crippen molar-refractivity contribution in [1.29, 1.82) is 0 Å². The summed E-state index contributed by atoms with van der Waals surface area (Å²) in [5, 5.41) is 10.8. The molecule has 0 atom stereocenters. The van der Waals surface area contributed by atoms with Crippen LogP contribution >= 0.6 is 24.0 Å². The molecule has 1 aliphatic heterocycles. The van der Waals surface area contributed by atoms with Crippen molar-refractivity contribution in [2.75, 3.05) is 39.5 Å².